The Kier molecular flexibility index (Phi) is 7.32. The first-order valence-electron chi connectivity index (χ1n) is 10.9. The first kappa shape index (κ1) is 26.0. The van der Waals surface area contributed by atoms with Gasteiger partial charge in [-0.2, -0.15) is 0 Å². The molecule has 2 rings (SSSR count). The molecular formula is C27H34O6. The van der Waals surface area contributed by atoms with Crippen LogP contribution < -0.4 is 4.74 Å². The number of allylic oxidation sites excluding steroid dienone is 1. The minimum atomic E-state index is -1.26. The van der Waals surface area contributed by atoms with Gasteiger partial charge < -0.3 is 20.1 Å². The molecule has 0 unspecified atom stereocenters. The molecule has 6 heteroatoms. The number of phenolic OH excluding ortho intramolecular Hbond substituents is 2. The number of carboxylic acid groups (broad SMARTS) is 1. The fourth-order valence-electron chi connectivity index (χ4n) is 3.45. The van der Waals surface area contributed by atoms with E-state index < -0.39 is 23.6 Å². The molecule has 3 N–H and O–H groups in total. The summed E-state index contributed by atoms with van der Waals surface area (Å²) < 4.78 is 5.48. The van der Waals surface area contributed by atoms with E-state index in [0.29, 0.717) is 0 Å². The van der Waals surface area contributed by atoms with Crippen molar-refractivity contribution in [3.8, 4) is 17.2 Å². The Bertz CT molecular complexity index is 1060. The van der Waals surface area contributed by atoms with Crippen molar-refractivity contribution in [3.05, 3.63) is 58.2 Å². The largest absolute Gasteiger partial charge is 0.507 e. The van der Waals surface area contributed by atoms with Crippen molar-refractivity contribution in [3.63, 3.8) is 0 Å². The lowest BCUT2D eigenvalue weighted by Crippen LogP contribution is -2.17. The third-order valence-corrected chi connectivity index (χ3v) is 5.16. The summed E-state index contributed by atoms with van der Waals surface area (Å²) in [6, 6.07) is 6.21. The van der Waals surface area contributed by atoms with E-state index in [0.717, 1.165) is 16.7 Å². The highest BCUT2D eigenvalue weighted by Gasteiger charge is 2.26. The van der Waals surface area contributed by atoms with Crippen LogP contribution in [0.2, 0.25) is 0 Å². The van der Waals surface area contributed by atoms with E-state index in [-0.39, 0.29) is 33.5 Å². The number of hydrogen-bond acceptors (Lipinski definition) is 5. The minimum absolute atomic E-state index is 0.0576. The summed E-state index contributed by atoms with van der Waals surface area (Å²) in [6.07, 6.45) is 2.55. The van der Waals surface area contributed by atoms with E-state index in [1.54, 1.807) is 19.9 Å². The molecule has 6 nitrogen and oxygen atoms in total. The standard InChI is InChI=1S/C27H34O6/c1-15(2)33-24-18(25(31)32)11-10-17(22(24)29)21(28)12-9-16-13-19(26(3,4)5)23(30)20(14-16)27(6,7)8/h9-15,29-30H,1-8H3,(H,31,32)/b12-9+. The Balaban J connectivity index is 2.54. The van der Waals surface area contributed by atoms with Crippen molar-refractivity contribution >= 4 is 17.8 Å². The van der Waals surface area contributed by atoms with Gasteiger partial charge in [0.1, 0.15) is 11.3 Å². The van der Waals surface area contributed by atoms with E-state index >= 15 is 0 Å². The Labute approximate surface area is 195 Å². The lowest BCUT2D eigenvalue weighted by Gasteiger charge is -2.27. The highest BCUT2D eigenvalue weighted by molar-refractivity contribution is 6.10. The number of ether oxygens (including phenoxy) is 1. The summed E-state index contributed by atoms with van der Waals surface area (Å²) >= 11 is 0. The molecule has 0 aliphatic carbocycles. The number of aromatic hydroxyl groups is 2. The second-order valence-electron chi connectivity index (χ2n) is 10.5. The molecule has 0 radical (unpaired) electrons. The number of ketones is 1. The van der Waals surface area contributed by atoms with Gasteiger partial charge in [-0.1, -0.05) is 47.6 Å². The SMILES string of the molecule is CC(C)Oc1c(C(=O)O)ccc(C(=O)/C=C/c2cc(C(C)(C)C)c(O)c(C(C)(C)C)c2)c1O. The maximum atomic E-state index is 12.9. The van der Waals surface area contributed by atoms with Crippen LogP contribution in [0.4, 0.5) is 0 Å². The van der Waals surface area contributed by atoms with Crippen LogP contribution in [0.15, 0.2) is 30.3 Å². The predicted molar refractivity (Wildman–Crippen MR) is 130 cm³/mol. The van der Waals surface area contributed by atoms with Gasteiger partial charge in [0.2, 0.25) is 0 Å². The normalized spacial score (nSPS) is 12.4. The molecule has 0 amide bonds. The van der Waals surface area contributed by atoms with Gasteiger partial charge in [-0.3, -0.25) is 4.79 Å². The molecule has 33 heavy (non-hydrogen) atoms. The summed E-state index contributed by atoms with van der Waals surface area (Å²) in [7, 11) is 0. The lowest BCUT2D eigenvalue weighted by atomic mass is 9.78. The second-order valence-corrected chi connectivity index (χ2v) is 10.5. The van der Waals surface area contributed by atoms with Crippen LogP contribution >= 0.6 is 0 Å². The second kappa shape index (κ2) is 9.30. The van der Waals surface area contributed by atoms with E-state index in [2.05, 4.69) is 0 Å². The van der Waals surface area contributed by atoms with E-state index in [1.807, 2.05) is 53.7 Å². The number of benzene rings is 2. The van der Waals surface area contributed by atoms with Crippen LogP contribution in [-0.4, -0.2) is 33.2 Å². The van der Waals surface area contributed by atoms with Gasteiger partial charge in [0.25, 0.3) is 0 Å². The lowest BCUT2D eigenvalue weighted by molar-refractivity contribution is 0.0688. The van der Waals surface area contributed by atoms with Gasteiger partial charge in [0.15, 0.2) is 17.3 Å². The van der Waals surface area contributed by atoms with Crippen molar-refractivity contribution in [2.75, 3.05) is 0 Å². The zero-order valence-electron chi connectivity index (χ0n) is 20.6. The average molecular weight is 455 g/mol. The van der Waals surface area contributed by atoms with Gasteiger partial charge in [-0.05, 0) is 60.6 Å². The summed E-state index contributed by atoms with van der Waals surface area (Å²) in [5, 5.41) is 30.8. The molecule has 0 aromatic heterocycles. The van der Waals surface area contributed by atoms with Crippen molar-refractivity contribution in [2.45, 2.75) is 72.3 Å². The van der Waals surface area contributed by atoms with Crippen LogP contribution in [0.25, 0.3) is 6.08 Å². The van der Waals surface area contributed by atoms with Gasteiger partial charge >= 0.3 is 5.97 Å². The van der Waals surface area contributed by atoms with Crippen LogP contribution in [0.1, 0.15) is 92.8 Å². The third-order valence-electron chi connectivity index (χ3n) is 5.16. The van der Waals surface area contributed by atoms with E-state index in [1.165, 1.54) is 18.2 Å². The first-order chi connectivity index (χ1) is 15.0. The van der Waals surface area contributed by atoms with Crippen molar-refractivity contribution in [1.82, 2.24) is 0 Å². The topological polar surface area (TPSA) is 104 Å². The van der Waals surface area contributed by atoms with Gasteiger partial charge in [0.05, 0.1) is 11.7 Å². The van der Waals surface area contributed by atoms with E-state index in [9.17, 15) is 24.9 Å². The summed E-state index contributed by atoms with van der Waals surface area (Å²) in [5.74, 6) is -2.25. The summed E-state index contributed by atoms with van der Waals surface area (Å²) in [4.78, 5) is 24.4. The van der Waals surface area contributed by atoms with E-state index in [4.69, 9.17) is 4.74 Å². The zero-order chi connectivity index (χ0) is 25.3. The zero-order valence-corrected chi connectivity index (χ0v) is 20.6. The van der Waals surface area contributed by atoms with Crippen molar-refractivity contribution in [1.29, 1.82) is 0 Å². The number of carbonyl (C=O) groups excluding carboxylic acids is 1. The quantitative estimate of drug-likeness (QED) is 0.361. The van der Waals surface area contributed by atoms with Gasteiger partial charge in [0, 0.05) is 11.1 Å². The molecule has 0 saturated heterocycles. The molecule has 0 saturated carbocycles. The van der Waals surface area contributed by atoms with Gasteiger partial charge in [-0.15, -0.1) is 0 Å². The minimum Gasteiger partial charge on any atom is -0.507 e. The molecule has 2 aromatic rings. The third kappa shape index (κ3) is 5.95. The fourth-order valence-corrected chi connectivity index (χ4v) is 3.45. The van der Waals surface area contributed by atoms with Gasteiger partial charge in [-0.25, -0.2) is 4.79 Å². The predicted octanol–water partition coefficient (Wildman–Crippen LogP) is 6.07. The maximum Gasteiger partial charge on any atom is 0.339 e. The number of carbonyl (C=O) groups is 2. The monoisotopic (exact) mass is 454 g/mol. The smallest absolute Gasteiger partial charge is 0.339 e. The fraction of sp³-hybridized carbons (Fsp3) is 0.407. The average Bonchev–Trinajstić information content (AvgIpc) is 2.65. The van der Waals surface area contributed by atoms with Crippen LogP contribution in [-0.2, 0) is 10.8 Å². The molecule has 0 bridgehead atoms. The molecule has 178 valence electrons. The molecule has 0 heterocycles. The number of hydrogen-bond donors (Lipinski definition) is 3. The Morgan fingerprint density at radius 1 is 0.879 bits per heavy atom. The number of carboxylic acids is 1. The first-order valence-corrected chi connectivity index (χ1v) is 10.9. The number of aromatic carboxylic acids is 1. The molecule has 0 fully saturated rings. The Morgan fingerprint density at radius 3 is 1.79 bits per heavy atom. The molecule has 2 aromatic carbocycles. The molecule has 0 atom stereocenters. The number of rotatable bonds is 6. The summed E-state index contributed by atoms with van der Waals surface area (Å²) in [6.45, 7) is 15.4. The van der Waals surface area contributed by atoms with Crippen LogP contribution in [0.5, 0.6) is 17.2 Å². The maximum absolute atomic E-state index is 12.9. The molecule has 0 aliphatic heterocycles. The number of phenols is 2. The molecule has 0 aliphatic rings. The van der Waals surface area contributed by atoms with Crippen molar-refractivity contribution < 1.29 is 29.6 Å². The molecule has 0 spiro atoms. The summed E-state index contributed by atoms with van der Waals surface area (Å²) in [5.41, 5.74) is 1.36. The molecular weight excluding hydrogens is 420 g/mol. The van der Waals surface area contributed by atoms with Crippen molar-refractivity contribution in [2.24, 2.45) is 0 Å². The Hall–Kier alpha value is -3.28. The highest BCUT2D eigenvalue weighted by Crippen LogP contribution is 2.40. The highest BCUT2D eigenvalue weighted by atomic mass is 16.5. The van der Waals surface area contributed by atoms with Crippen LogP contribution in [0.3, 0.4) is 0 Å². The Morgan fingerprint density at radius 2 is 1.36 bits per heavy atom. The van der Waals surface area contributed by atoms with Crippen LogP contribution in [0, 0.1) is 0 Å².